The number of benzene rings is 2. The van der Waals surface area contributed by atoms with E-state index in [2.05, 4.69) is 0 Å². The summed E-state index contributed by atoms with van der Waals surface area (Å²) in [5.41, 5.74) is 0.641. The second-order valence-electron chi connectivity index (χ2n) is 4.05. The molecular weight excluding hydrogens is 263 g/mol. The zero-order valence-electron chi connectivity index (χ0n) is 10.5. The molecule has 0 aliphatic carbocycles. The Morgan fingerprint density at radius 1 is 1.11 bits per heavy atom. The highest BCUT2D eigenvalue weighted by atomic mass is 32.2. The van der Waals surface area contributed by atoms with Gasteiger partial charge >= 0.3 is 0 Å². The van der Waals surface area contributed by atoms with E-state index in [1.54, 1.807) is 23.9 Å². The summed E-state index contributed by atoms with van der Waals surface area (Å²) in [6.45, 7) is 0.143. The summed E-state index contributed by atoms with van der Waals surface area (Å²) in [7, 11) is 0. The lowest BCUT2D eigenvalue weighted by Gasteiger charge is -2.12. The van der Waals surface area contributed by atoms with Crippen molar-refractivity contribution in [3.8, 4) is 5.75 Å². The number of rotatable bonds is 5. The minimum atomic E-state index is -0.763. The Morgan fingerprint density at radius 3 is 2.32 bits per heavy atom. The summed E-state index contributed by atoms with van der Waals surface area (Å²) in [4.78, 5) is 1.16. The fourth-order valence-corrected chi connectivity index (χ4v) is 2.04. The maximum atomic E-state index is 12.8. The second-order valence-corrected chi connectivity index (χ2v) is 4.93. The van der Waals surface area contributed by atoms with Crippen molar-refractivity contribution in [2.45, 2.75) is 11.0 Å². The normalized spacial score (nSPS) is 12.2. The van der Waals surface area contributed by atoms with Crippen molar-refractivity contribution in [2.75, 3.05) is 12.9 Å². The summed E-state index contributed by atoms with van der Waals surface area (Å²) in [5.74, 6) is 0.392. The van der Waals surface area contributed by atoms with Crippen molar-refractivity contribution >= 4 is 11.8 Å². The van der Waals surface area contributed by atoms with E-state index in [-0.39, 0.29) is 12.4 Å². The number of aliphatic hydroxyl groups is 1. The summed E-state index contributed by atoms with van der Waals surface area (Å²) in [5, 5.41) is 9.92. The highest BCUT2D eigenvalue weighted by Crippen LogP contribution is 2.20. The summed E-state index contributed by atoms with van der Waals surface area (Å²) >= 11 is 1.66. The van der Waals surface area contributed by atoms with E-state index in [1.165, 1.54) is 12.1 Å². The predicted molar refractivity (Wildman–Crippen MR) is 75.1 cm³/mol. The topological polar surface area (TPSA) is 29.5 Å². The number of ether oxygens (including phenoxy) is 1. The van der Waals surface area contributed by atoms with Crippen LogP contribution in [-0.4, -0.2) is 18.0 Å². The number of hydrogen-bond donors (Lipinski definition) is 1. The zero-order chi connectivity index (χ0) is 13.7. The van der Waals surface area contributed by atoms with Gasteiger partial charge in [-0.15, -0.1) is 11.8 Å². The van der Waals surface area contributed by atoms with Crippen LogP contribution in [0.4, 0.5) is 4.39 Å². The molecule has 1 N–H and O–H groups in total. The number of aliphatic hydroxyl groups excluding tert-OH is 1. The molecule has 0 unspecified atom stereocenters. The fourth-order valence-electron chi connectivity index (χ4n) is 1.63. The van der Waals surface area contributed by atoms with Crippen molar-refractivity contribution in [1.29, 1.82) is 0 Å². The van der Waals surface area contributed by atoms with E-state index in [9.17, 15) is 9.50 Å². The van der Waals surface area contributed by atoms with E-state index in [0.717, 1.165) is 4.90 Å². The molecule has 0 aliphatic rings. The average Bonchev–Trinajstić information content (AvgIpc) is 2.46. The Labute approximate surface area is 116 Å². The third kappa shape index (κ3) is 3.98. The molecule has 100 valence electrons. The molecule has 0 saturated heterocycles. The van der Waals surface area contributed by atoms with Gasteiger partial charge in [-0.25, -0.2) is 4.39 Å². The van der Waals surface area contributed by atoms with Gasteiger partial charge in [-0.1, -0.05) is 12.1 Å². The molecule has 0 radical (unpaired) electrons. The molecule has 0 aromatic heterocycles. The van der Waals surface area contributed by atoms with Crippen LogP contribution in [0.25, 0.3) is 0 Å². The van der Waals surface area contributed by atoms with Crippen molar-refractivity contribution in [3.63, 3.8) is 0 Å². The minimum Gasteiger partial charge on any atom is -0.491 e. The third-order valence-electron chi connectivity index (χ3n) is 2.72. The SMILES string of the molecule is CSc1ccc(OC[C@H](O)c2ccc(F)cc2)cc1. The van der Waals surface area contributed by atoms with Crippen LogP contribution in [0.5, 0.6) is 5.75 Å². The molecule has 2 aromatic carbocycles. The second kappa shape index (κ2) is 6.59. The van der Waals surface area contributed by atoms with Crippen LogP contribution in [0.1, 0.15) is 11.7 Å². The molecule has 2 nitrogen and oxygen atoms in total. The number of hydrogen-bond acceptors (Lipinski definition) is 3. The molecule has 4 heteroatoms. The van der Waals surface area contributed by atoms with E-state index in [0.29, 0.717) is 11.3 Å². The molecule has 0 bridgehead atoms. The van der Waals surface area contributed by atoms with Gasteiger partial charge in [0.15, 0.2) is 0 Å². The van der Waals surface area contributed by atoms with Crippen LogP contribution in [0.15, 0.2) is 53.4 Å². The van der Waals surface area contributed by atoms with Crippen molar-refractivity contribution in [1.82, 2.24) is 0 Å². The number of halogens is 1. The van der Waals surface area contributed by atoms with Crippen molar-refractivity contribution in [2.24, 2.45) is 0 Å². The van der Waals surface area contributed by atoms with Crippen LogP contribution in [0, 0.1) is 5.82 Å². The first-order valence-corrected chi connectivity index (χ1v) is 7.12. The van der Waals surface area contributed by atoms with E-state index < -0.39 is 6.10 Å². The summed E-state index contributed by atoms with van der Waals surface area (Å²) in [6.07, 6.45) is 1.24. The zero-order valence-corrected chi connectivity index (χ0v) is 11.4. The molecule has 0 saturated carbocycles. The van der Waals surface area contributed by atoms with Crippen LogP contribution in [-0.2, 0) is 0 Å². The van der Waals surface area contributed by atoms with E-state index in [4.69, 9.17) is 4.74 Å². The van der Waals surface area contributed by atoms with Gasteiger partial charge in [0.2, 0.25) is 0 Å². The molecule has 0 amide bonds. The summed E-state index contributed by atoms with van der Waals surface area (Å²) < 4.78 is 18.3. The summed E-state index contributed by atoms with van der Waals surface area (Å²) in [6, 6.07) is 13.4. The maximum absolute atomic E-state index is 12.8. The molecular formula is C15H15FO2S. The molecule has 0 aliphatic heterocycles. The van der Waals surface area contributed by atoms with Crippen molar-refractivity contribution in [3.05, 3.63) is 59.9 Å². The first-order valence-electron chi connectivity index (χ1n) is 5.89. The van der Waals surface area contributed by atoms with Gasteiger partial charge in [0.25, 0.3) is 0 Å². The Balaban J connectivity index is 1.92. The highest BCUT2D eigenvalue weighted by Gasteiger charge is 2.08. The molecule has 19 heavy (non-hydrogen) atoms. The fraction of sp³-hybridized carbons (Fsp3) is 0.200. The maximum Gasteiger partial charge on any atom is 0.123 e. The van der Waals surface area contributed by atoms with Crippen LogP contribution in [0.2, 0.25) is 0 Å². The number of thioether (sulfide) groups is 1. The lowest BCUT2D eigenvalue weighted by atomic mass is 10.1. The molecule has 2 aromatic rings. The predicted octanol–water partition coefficient (Wildman–Crippen LogP) is 3.66. The molecule has 0 spiro atoms. The van der Waals surface area contributed by atoms with Crippen LogP contribution >= 0.6 is 11.8 Å². The van der Waals surface area contributed by atoms with Gasteiger partial charge in [-0.2, -0.15) is 0 Å². The highest BCUT2D eigenvalue weighted by molar-refractivity contribution is 7.98. The third-order valence-corrected chi connectivity index (χ3v) is 3.47. The van der Waals surface area contributed by atoms with Gasteiger partial charge < -0.3 is 9.84 Å². The molecule has 0 heterocycles. The standard InChI is InChI=1S/C15H15FO2S/c1-19-14-8-6-13(7-9-14)18-10-15(17)11-2-4-12(16)5-3-11/h2-9,15,17H,10H2,1H3/t15-/m0/s1. The van der Waals surface area contributed by atoms with Gasteiger partial charge in [0.1, 0.15) is 24.3 Å². The lowest BCUT2D eigenvalue weighted by Crippen LogP contribution is -2.09. The molecule has 0 fully saturated rings. The monoisotopic (exact) mass is 278 g/mol. The van der Waals surface area contributed by atoms with Crippen LogP contribution in [0.3, 0.4) is 0 Å². The first kappa shape index (κ1) is 13.9. The molecule has 2 rings (SSSR count). The Morgan fingerprint density at radius 2 is 1.74 bits per heavy atom. The smallest absolute Gasteiger partial charge is 0.123 e. The minimum absolute atomic E-state index is 0.143. The Kier molecular flexibility index (Phi) is 4.82. The Bertz CT molecular complexity index is 511. The average molecular weight is 278 g/mol. The van der Waals surface area contributed by atoms with Gasteiger partial charge in [-0.05, 0) is 48.2 Å². The largest absolute Gasteiger partial charge is 0.491 e. The van der Waals surface area contributed by atoms with E-state index >= 15 is 0 Å². The Hall–Kier alpha value is -1.52. The van der Waals surface area contributed by atoms with Gasteiger partial charge in [-0.3, -0.25) is 0 Å². The molecule has 1 atom stereocenters. The first-order chi connectivity index (χ1) is 9.19. The van der Waals surface area contributed by atoms with E-state index in [1.807, 2.05) is 30.5 Å². The quantitative estimate of drug-likeness (QED) is 0.846. The van der Waals surface area contributed by atoms with Crippen molar-refractivity contribution < 1.29 is 14.2 Å². The lowest BCUT2D eigenvalue weighted by molar-refractivity contribution is 0.108. The van der Waals surface area contributed by atoms with Crippen LogP contribution < -0.4 is 4.74 Å². The van der Waals surface area contributed by atoms with Gasteiger partial charge in [0, 0.05) is 4.90 Å². The van der Waals surface area contributed by atoms with Gasteiger partial charge in [0.05, 0.1) is 0 Å².